The van der Waals surface area contributed by atoms with Crippen molar-refractivity contribution < 1.29 is 19.1 Å². The summed E-state index contributed by atoms with van der Waals surface area (Å²) >= 11 is 0. The number of nitrogens with zero attached hydrogens (tertiary/aromatic N) is 1. The summed E-state index contributed by atoms with van der Waals surface area (Å²) in [6, 6.07) is 15.5. The zero-order valence-electron chi connectivity index (χ0n) is 24.0. The molecule has 2 aromatic carbocycles. The molecule has 2 rings (SSSR count). The molecule has 0 aliphatic heterocycles. The number of aryl methyl sites for hydroxylation is 1. The van der Waals surface area contributed by atoms with E-state index < -0.39 is 23.8 Å². The lowest BCUT2D eigenvalue weighted by molar-refractivity contribution is -0.142. The van der Waals surface area contributed by atoms with Crippen LogP contribution in [-0.4, -0.2) is 47.0 Å². The third-order valence-electron chi connectivity index (χ3n) is 6.00. The molecule has 2 aromatic rings. The van der Waals surface area contributed by atoms with Crippen LogP contribution in [0.5, 0.6) is 0 Å². The van der Waals surface area contributed by atoms with Crippen molar-refractivity contribution >= 4 is 17.9 Å². The van der Waals surface area contributed by atoms with Crippen LogP contribution < -0.4 is 10.6 Å². The van der Waals surface area contributed by atoms with Gasteiger partial charge in [0.1, 0.15) is 17.7 Å². The van der Waals surface area contributed by atoms with Gasteiger partial charge in [-0.15, -0.1) is 0 Å². The molecule has 2 N–H and O–H groups in total. The van der Waals surface area contributed by atoms with Crippen LogP contribution in [0.25, 0.3) is 0 Å². The minimum Gasteiger partial charge on any atom is -0.444 e. The molecule has 0 spiro atoms. The maximum atomic E-state index is 14.3. The number of rotatable bonds is 12. The summed E-state index contributed by atoms with van der Waals surface area (Å²) in [5.74, 6) is -0.568. The minimum absolute atomic E-state index is 0.0944. The van der Waals surface area contributed by atoms with Crippen LogP contribution in [0.1, 0.15) is 84.0 Å². The maximum Gasteiger partial charge on any atom is 0.408 e. The standard InChI is InChI=1S/C31H45N3O4/c1-8-10-20-34(27(28(35)32-22(3)4)25-18-16-23(9-2)17-19-25)29(36)26(21-24-14-12-11-13-15-24)33-30(37)38-31(5,6)7/h11-19,22,26-27H,8-10,20-21H2,1-7H3,(H,32,35)(H,33,37). The van der Waals surface area contributed by atoms with Gasteiger partial charge in [0.15, 0.2) is 0 Å². The van der Waals surface area contributed by atoms with E-state index in [0.717, 1.165) is 36.0 Å². The molecule has 0 saturated carbocycles. The number of hydrogen-bond donors (Lipinski definition) is 2. The Morgan fingerprint density at radius 3 is 2.05 bits per heavy atom. The molecule has 0 aliphatic carbocycles. The van der Waals surface area contributed by atoms with Crippen molar-refractivity contribution in [3.63, 3.8) is 0 Å². The summed E-state index contributed by atoms with van der Waals surface area (Å²) in [4.78, 5) is 42.3. The van der Waals surface area contributed by atoms with E-state index in [1.54, 1.807) is 25.7 Å². The highest BCUT2D eigenvalue weighted by atomic mass is 16.6. The molecule has 0 fully saturated rings. The van der Waals surface area contributed by atoms with E-state index in [0.29, 0.717) is 6.54 Å². The van der Waals surface area contributed by atoms with Crippen molar-refractivity contribution in [2.45, 2.75) is 97.9 Å². The van der Waals surface area contributed by atoms with Crippen molar-refractivity contribution in [2.75, 3.05) is 6.54 Å². The summed E-state index contributed by atoms with van der Waals surface area (Å²) in [7, 11) is 0. The van der Waals surface area contributed by atoms with E-state index in [9.17, 15) is 14.4 Å². The molecule has 2 atom stereocenters. The fraction of sp³-hybridized carbons (Fsp3) is 0.516. The molecule has 0 radical (unpaired) electrons. The lowest BCUT2D eigenvalue weighted by Gasteiger charge is -2.35. The van der Waals surface area contributed by atoms with Crippen LogP contribution in [0.15, 0.2) is 54.6 Å². The Labute approximate surface area is 228 Å². The van der Waals surface area contributed by atoms with Crippen LogP contribution >= 0.6 is 0 Å². The smallest absolute Gasteiger partial charge is 0.408 e. The number of nitrogens with one attached hydrogen (secondary N) is 2. The van der Waals surface area contributed by atoms with Crippen molar-refractivity contribution in [1.82, 2.24) is 15.5 Å². The zero-order valence-corrected chi connectivity index (χ0v) is 24.0. The van der Waals surface area contributed by atoms with Gasteiger partial charge < -0.3 is 20.3 Å². The first-order valence-electron chi connectivity index (χ1n) is 13.7. The monoisotopic (exact) mass is 523 g/mol. The highest BCUT2D eigenvalue weighted by Crippen LogP contribution is 2.25. The molecule has 2 unspecified atom stereocenters. The first-order valence-corrected chi connectivity index (χ1v) is 13.7. The van der Waals surface area contributed by atoms with Crippen LogP contribution in [0, 0.1) is 0 Å². The zero-order chi connectivity index (χ0) is 28.3. The van der Waals surface area contributed by atoms with Gasteiger partial charge in [-0.05, 0) is 64.2 Å². The van der Waals surface area contributed by atoms with E-state index in [1.165, 1.54) is 0 Å². The Morgan fingerprint density at radius 1 is 0.895 bits per heavy atom. The largest absolute Gasteiger partial charge is 0.444 e. The van der Waals surface area contributed by atoms with Gasteiger partial charge in [0, 0.05) is 19.0 Å². The van der Waals surface area contributed by atoms with Gasteiger partial charge in [-0.3, -0.25) is 9.59 Å². The van der Waals surface area contributed by atoms with E-state index >= 15 is 0 Å². The highest BCUT2D eigenvalue weighted by Gasteiger charge is 2.36. The molecule has 0 saturated heterocycles. The molecule has 0 heterocycles. The highest BCUT2D eigenvalue weighted by molar-refractivity contribution is 5.92. The second-order valence-corrected chi connectivity index (χ2v) is 10.9. The predicted molar refractivity (Wildman–Crippen MR) is 152 cm³/mol. The summed E-state index contributed by atoms with van der Waals surface area (Å²) in [5.41, 5.74) is 2.07. The summed E-state index contributed by atoms with van der Waals surface area (Å²) in [6.45, 7) is 13.6. The topological polar surface area (TPSA) is 87.7 Å². The SMILES string of the molecule is CCCCN(C(=O)C(Cc1ccccc1)NC(=O)OC(C)(C)C)C(C(=O)NC(C)C)c1ccc(CC)cc1. The number of benzene rings is 2. The minimum atomic E-state index is -0.909. The fourth-order valence-corrected chi connectivity index (χ4v) is 4.17. The second-order valence-electron chi connectivity index (χ2n) is 10.9. The van der Waals surface area contributed by atoms with E-state index in [4.69, 9.17) is 4.74 Å². The van der Waals surface area contributed by atoms with Gasteiger partial charge >= 0.3 is 6.09 Å². The maximum absolute atomic E-state index is 14.3. The first-order chi connectivity index (χ1) is 17.9. The van der Waals surface area contributed by atoms with Crippen LogP contribution in [0.3, 0.4) is 0 Å². The van der Waals surface area contributed by atoms with Crippen molar-refractivity contribution in [3.8, 4) is 0 Å². The van der Waals surface area contributed by atoms with Crippen molar-refractivity contribution in [3.05, 3.63) is 71.3 Å². The Balaban J connectivity index is 2.53. The first kappa shape index (κ1) is 30.9. The molecular weight excluding hydrogens is 478 g/mol. The Bertz CT molecular complexity index is 1030. The predicted octanol–water partition coefficient (Wildman–Crippen LogP) is 5.58. The molecule has 7 heteroatoms. The number of ether oxygens (including phenoxy) is 1. The van der Waals surface area contributed by atoms with Gasteiger partial charge in [0.05, 0.1) is 0 Å². The fourth-order valence-electron chi connectivity index (χ4n) is 4.17. The molecule has 38 heavy (non-hydrogen) atoms. The number of hydrogen-bond acceptors (Lipinski definition) is 4. The van der Waals surface area contributed by atoms with Crippen molar-refractivity contribution in [1.29, 1.82) is 0 Å². The van der Waals surface area contributed by atoms with E-state index in [-0.39, 0.29) is 24.3 Å². The quantitative estimate of drug-likeness (QED) is 0.380. The molecule has 0 bridgehead atoms. The van der Waals surface area contributed by atoms with Gasteiger partial charge in [0.2, 0.25) is 11.8 Å². The number of carbonyl (C=O) groups is 3. The number of alkyl carbamates (subject to hydrolysis) is 1. The number of carbonyl (C=O) groups excluding carboxylic acids is 3. The molecule has 7 nitrogen and oxygen atoms in total. The normalized spacial score (nSPS) is 12.9. The molecular formula is C31H45N3O4. The summed E-state index contributed by atoms with van der Waals surface area (Å²) in [5, 5.41) is 5.80. The lowest BCUT2D eigenvalue weighted by atomic mass is 9.98. The van der Waals surface area contributed by atoms with E-state index in [2.05, 4.69) is 17.6 Å². The Kier molecular flexibility index (Phi) is 11.8. The van der Waals surface area contributed by atoms with Gasteiger partial charge in [-0.25, -0.2) is 4.79 Å². The Hall–Kier alpha value is -3.35. The van der Waals surface area contributed by atoms with Gasteiger partial charge in [-0.2, -0.15) is 0 Å². The van der Waals surface area contributed by atoms with Crippen LogP contribution in [0.2, 0.25) is 0 Å². The summed E-state index contributed by atoms with van der Waals surface area (Å²) < 4.78 is 5.49. The van der Waals surface area contributed by atoms with Crippen LogP contribution in [-0.2, 0) is 27.2 Å². The molecule has 0 aliphatic rings. The second kappa shape index (κ2) is 14.6. The third-order valence-corrected chi connectivity index (χ3v) is 6.00. The third kappa shape index (κ3) is 9.84. The van der Waals surface area contributed by atoms with Gasteiger partial charge in [-0.1, -0.05) is 74.9 Å². The lowest BCUT2D eigenvalue weighted by Crippen LogP contribution is -2.54. The Morgan fingerprint density at radius 2 is 1.53 bits per heavy atom. The van der Waals surface area contributed by atoms with Crippen molar-refractivity contribution in [2.24, 2.45) is 0 Å². The average molecular weight is 524 g/mol. The molecule has 208 valence electrons. The number of unbranched alkanes of at least 4 members (excludes halogenated alkanes) is 1. The summed E-state index contributed by atoms with van der Waals surface area (Å²) in [6.07, 6.45) is 2.04. The van der Waals surface area contributed by atoms with Crippen LogP contribution in [0.4, 0.5) is 4.79 Å². The van der Waals surface area contributed by atoms with E-state index in [1.807, 2.05) is 75.4 Å². The number of amides is 3. The van der Waals surface area contributed by atoms with Gasteiger partial charge in [0.25, 0.3) is 0 Å². The molecule has 3 amide bonds. The molecule has 0 aromatic heterocycles. The average Bonchev–Trinajstić information content (AvgIpc) is 2.85.